The number of rotatable bonds is 1. The summed E-state index contributed by atoms with van der Waals surface area (Å²) in [5.74, 6) is 0. The quantitative estimate of drug-likeness (QED) is 0.297. The molecule has 5 heavy (non-hydrogen) atoms. The first-order valence-electron chi connectivity index (χ1n) is 1.32. The molecule has 0 aromatic rings. The van der Waals surface area contributed by atoms with Gasteiger partial charge in [0.25, 0.3) is 0 Å². The zero-order chi connectivity index (χ0) is 3.41. The Bertz CT molecular complexity index is 20.9. The maximum Gasteiger partial charge on any atom is -1.00 e. The van der Waals surface area contributed by atoms with E-state index in [0.717, 1.165) is 0 Å². The molecule has 0 aliphatic heterocycles. The third-order valence-electron chi connectivity index (χ3n) is 0.204. The molecule has 0 saturated carbocycles. The second-order valence-corrected chi connectivity index (χ2v) is 1.79. The Balaban J connectivity index is 0. The van der Waals surface area contributed by atoms with Crippen molar-refractivity contribution < 1.29 is 30.7 Å². The molecule has 0 spiro atoms. The van der Waals surface area contributed by atoms with Crippen LogP contribution in [0.1, 0.15) is 0 Å². The zero-order valence-electron chi connectivity index (χ0n) is 3.08. The van der Waals surface area contributed by atoms with Gasteiger partial charge in [0.15, 0.2) is 0 Å². The topological polar surface area (TPSA) is 0 Å². The summed E-state index contributed by atoms with van der Waals surface area (Å²) in [5, 5.41) is 1.21. The van der Waals surface area contributed by atoms with Crippen molar-refractivity contribution in [1.29, 1.82) is 0 Å². The Morgan fingerprint density at radius 3 is 2.00 bits per heavy atom. The predicted molar refractivity (Wildman–Crippen MR) is 15.0 cm³/mol. The fourth-order valence-corrected chi connectivity index (χ4v) is 0. The summed E-state index contributed by atoms with van der Waals surface area (Å²) in [6.45, 7) is 3.51. The molecule has 0 saturated heterocycles. The monoisotopic (exact) mass is 140 g/mol. The maximum absolute atomic E-state index is 3.51. The van der Waals surface area contributed by atoms with Crippen LogP contribution in [0.5, 0.6) is 0 Å². The van der Waals surface area contributed by atoms with Crippen LogP contribution in [-0.2, 0) is 18.3 Å². The van der Waals surface area contributed by atoms with E-state index < -0.39 is 0 Å². The van der Waals surface area contributed by atoms with Crippen LogP contribution in [0.4, 0.5) is 0 Å². The van der Waals surface area contributed by atoms with Crippen molar-refractivity contribution >= 4 is 0 Å². The van der Waals surface area contributed by atoms with E-state index in [2.05, 4.69) is 6.58 Å². The molecule has 26 valence electrons. The smallest absolute Gasteiger partial charge is 1.00 e. The van der Waals surface area contributed by atoms with E-state index in [1.54, 1.807) is 0 Å². The van der Waals surface area contributed by atoms with E-state index in [1.165, 1.54) is 23.3 Å². The van der Waals surface area contributed by atoms with Crippen LogP contribution in [0.3, 0.4) is 0 Å². The van der Waals surface area contributed by atoms with Crippen LogP contribution in [0.15, 0.2) is 12.7 Å². The van der Waals surface area contributed by atoms with Crippen LogP contribution >= 0.6 is 0 Å². The molecule has 0 aliphatic rings. The van der Waals surface area contributed by atoms with Crippen LogP contribution in [0, 0.1) is 0 Å². The summed E-state index contributed by atoms with van der Waals surface area (Å²) in [6, 6.07) is 0. The van der Waals surface area contributed by atoms with Gasteiger partial charge in [0, 0.05) is 0 Å². The number of allylic oxidation sites excluding steroid dienone is 1. The van der Waals surface area contributed by atoms with E-state index in [0.29, 0.717) is 0 Å². The molecule has 0 radical (unpaired) electrons. The minimum atomic E-state index is 0. The fraction of sp³-hybridized carbons (Fsp3) is 0.333. The number of hydrogen-bond donors (Lipinski definition) is 0. The molecule has 0 bridgehead atoms. The van der Waals surface area contributed by atoms with Gasteiger partial charge in [0.05, 0.1) is 0 Å². The number of halogens is 1. The molecule has 0 N–H and O–H groups in total. The Hall–Kier alpha value is 0.653. The second kappa shape index (κ2) is 8.82. The molecular weight excluding hydrogens is 137 g/mol. The molecule has 0 aliphatic carbocycles. The standard InChI is InChI=1S/C3H5.ClH.Zn/c1-3-2;;/h3H,1-2H2;1H;/q;;+1/p-1. The summed E-state index contributed by atoms with van der Waals surface area (Å²) in [7, 11) is 0. The molecule has 0 heterocycles. The van der Waals surface area contributed by atoms with Gasteiger partial charge in [0.1, 0.15) is 0 Å². The molecule has 0 atom stereocenters. The number of hydrogen-bond acceptors (Lipinski definition) is 0. The largest absolute Gasteiger partial charge is 1.00 e. The summed E-state index contributed by atoms with van der Waals surface area (Å²) < 4.78 is 0. The van der Waals surface area contributed by atoms with Gasteiger partial charge < -0.3 is 12.4 Å². The van der Waals surface area contributed by atoms with Crippen molar-refractivity contribution in [3.8, 4) is 0 Å². The first-order valence-corrected chi connectivity index (χ1v) is 3.41. The third kappa shape index (κ3) is 12.0. The summed E-state index contributed by atoms with van der Waals surface area (Å²) in [5.41, 5.74) is 0. The van der Waals surface area contributed by atoms with Crippen molar-refractivity contribution in [2.75, 3.05) is 0 Å². The zero-order valence-corrected chi connectivity index (χ0v) is 6.80. The van der Waals surface area contributed by atoms with Gasteiger partial charge in [-0.2, -0.15) is 0 Å². The molecule has 0 rings (SSSR count). The fourth-order valence-electron chi connectivity index (χ4n) is 0. The first kappa shape index (κ1) is 9.17. The molecule has 0 amide bonds. The van der Waals surface area contributed by atoms with Crippen molar-refractivity contribution in [1.82, 2.24) is 0 Å². The van der Waals surface area contributed by atoms with Gasteiger partial charge in [-0.15, -0.1) is 0 Å². The van der Waals surface area contributed by atoms with Gasteiger partial charge in [0.2, 0.25) is 0 Å². The molecule has 0 unspecified atom stereocenters. The van der Waals surface area contributed by atoms with Gasteiger partial charge in [-0.3, -0.25) is 0 Å². The molecule has 2 heteroatoms. The Kier molecular flexibility index (Phi) is 16.2. The summed E-state index contributed by atoms with van der Waals surface area (Å²) in [6.07, 6.45) is 1.93. The van der Waals surface area contributed by atoms with Gasteiger partial charge in [-0.25, -0.2) is 0 Å². The third-order valence-corrected chi connectivity index (χ3v) is 1.06. The predicted octanol–water partition coefficient (Wildman–Crippen LogP) is -1.86. The molecular formula is C3H5ClZn. The van der Waals surface area contributed by atoms with E-state index in [1.807, 2.05) is 6.08 Å². The van der Waals surface area contributed by atoms with Crippen molar-refractivity contribution in [2.24, 2.45) is 0 Å². The minimum absolute atomic E-state index is 0. The molecule has 0 fully saturated rings. The summed E-state index contributed by atoms with van der Waals surface area (Å²) in [4.78, 5) is 0. The normalized spacial score (nSPS) is 5.20. The van der Waals surface area contributed by atoms with Gasteiger partial charge in [-0.05, 0) is 0 Å². The van der Waals surface area contributed by atoms with E-state index in [-0.39, 0.29) is 12.4 Å². The Morgan fingerprint density at radius 1 is 1.80 bits per heavy atom. The van der Waals surface area contributed by atoms with Crippen LogP contribution in [0.25, 0.3) is 0 Å². The van der Waals surface area contributed by atoms with Crippen LogP contribution in [0.2, 0.25) is 5.02 Å². The second-order valence-electron chi connectivity index (χ2n) is 0.577. The van der Waals surface area contributed by atoms with E-state index in [9.17, 15) is 0 Å². The molecule has 0 aromatic carbocycles. The van der Waals surface area contributed by atoms with Crippen molar-refractivity contribution in [3.05, 3.63) is 12.7 Å². The van der Waals surface area contributed by atoms with E-state index >= 15 is 0 Å². The van der Waals surface area contributed by atoms with Crippen molar-refractivity contribution in [3.63, 3.8) is 0 Å². The van der Waals surface area contributed by atoms with Crippen molar-refractivity contribution in [2.45, 2.75) is 5.02 Å². The SMILES string of the molecule is C=C[CH2][Zn+].[Cl-]. The average molecular weight is 142 g/mol. The average Bonchev–Trinajstić information content (AvgIpc) is 1.37. The molecule has 0 nitrogen and oxygen atoms in total. The van der Waals surface area contributed by atoms with Gasteiger partial charge >= 0.3 is 36.0 Å². The van der Waals surface area contributed by atoms with Crippen LogP contribution in [-0.4, -0.2) is 0 Å². The Labute approximate surface area is 48.7 Å². The first-order chi connectivity index (χ1) is 1.91. The minimum Gasteiger partial charge on any atom is -1.00 e. The Morgan fingerprint density at radius 2 is 2.00 bits per heavy atom. The summed E-state index contributed by atoms with van der Waals surface area (Å²) >= 11 is 1.35. The van der Waals surface area contributed by atoms with Crippen LogP contribution < -0.4 is 12.4 Å². The van der Waals surface area contributed by atoms with Gasteiger partial charge in [-0.1, -0.05) is 0 Å². The molecule has 0 aromatic heterocycles. The van der Waals surface area contributed by atoms with E-state index in [4.69, 9.17) is 0 Å². The maximum atomic E-state index is 3.51.